The Morgan fingerprint density at radius 3 is 2.00 bits per heavy atom. The second-order valence-corrected chi connectivity index (χ2v) is 5.39. The van der Waals surface area contributed by atoms with Gasteiger partial charge in [0, 0.05) is 6.04 Å². The summed E-state index contributed by atoms with van der Waals surface area (Å²) in [5.41, 5.74) is -0.560. The van der Waals surface area contributed by atoms with E-state index in [4.69, 9.17) is 4.74 Å². The average molecular weight is 258 g/mol. The summed E-state index contributed by atoms with van der Waals surface area (Å²) < 4.78 is 5.09. The molecule has 0 saturated heterocycles. The fourth-order valence-electron chi connectivity index (χ4n) is 1.37. The number of carbonyl (C=O) groups is 2. The second-order valence-electron chi connectivity index (χ2n) is 5.39. The lowest BCUT2D eigenvalue weighted by Crippen LogP contribution is -2.48. The molecule has 18 heavy (non-hydrogen) atoms. The molecule has 5 nitrogen and oxygen atoms in total. The summed E-state index contributed by atoms with van der Waals surface area (Å²) in [6, 6.07) is -0.444. The molecule has 0 radical (unpaired) electrons. The molecule has 0 aliphatic heterocycles. The van der Waals surface area contributed by atoms with Crippen molar-refractivity contribution in [2.24, 2.45) is 0 Å². The topological polar surface area (TPSA) is 67.4 Å². The molecule has 0 fully saturated rings. The van der Waals surface area contributed by atoms with Crippen molar-refractivity contribution in [2.45, 2.75) is 72.1 Å². The Kier molecular flexibility index (Phi) is 6.73. The van der Waals surface area contributed by atoms with Crippen LogP contribution < -0.4 is 10.6 Å². The Morgan fingerprint density at radius 2 is 1.61 bits per heavy atom. The van der Waals surface area contributed by atoms with Crippen LogP contribution in [-0.4, -0.2) is 29.7 Å². The van der Waals surface area contributed by atoms with Crippen molar-refractivity contribution in [3.63, 3.8) is 0 Å². The number of rotatable bonds is 5. The van der Waals surface area contributed by atoms with Crippen molar-refractivity contribution in [3.05, 3.63) is 0 Å². The number of ether oxygens (including phenoxy) is 1. The molecular weight excluding hydrogens is 232 g/mol. The summed E-state index contributed by atoms with van der Waals surface area (Å²) in [7, 11) is 0. The summed E-state index contributed by atoms with van der Waals surface area (Å²) in [6.45, 7) is 11.0. The minimum absolute atomic E-state index is 0.153. The van der Waals surface area contributed by atoms with E-state index in [0.29, 0.717) is 0 Å². The van der Waals surface area contributed by atoms with Gasteiger partial charge in [-0.2, -0.15) is 0 Å². The molecule has 0 aliphatic rings. The van der Waals surface area contributed by atoms with Crippen molar-refractivity contribution in [1.29, 1.82) is 0 Å². The summed E-state index contributed by atoms with van der Waals surface area (Å²) in [5.74, 6) is -0.186. The zero-order valence-corrected chi connectivity index (χ0v) is 12.3. The quantitative estimate of drug-likeness (QED) is 0.794. The van der Waals surface area contributed by atoms with Gasteiger partial charge in [0.15, 0.2) is 0 Å². The minimum atomic E-state index is -0.597. The first kappa shape index (κ1) is 16.7. The molecule has 2 N–H and O–H groups in total. The van der Waals surface area contributed by atoms with Crippen molar-refractivity contribution in [1.82, 2.24) is 10.6 Å². The lowest BCUT2D eigenvalue weighted by atomic mass is 10.1. The first-order valence-corrected chi connectivity index (χ1v) is 6.49. The van der Waals surface area contributed by atoms with E-state index in [2.05, 4.69) is 10.6 Å². The van der Waals surface area contributed by atoms with Crippen LogP contribution in [0.3, 0.4) is 0 Å². The van der Waals surface area contributed by atoms with E-state index in [1.54, 1.807) is 27.7 Å². The molecule has 0 spiro atoms. The van der Waals surface area contributed by atoms with Gasteiger partial charge in [0.1, 0.15) is 11.6 Å². The Hall–Kier alpha value is -1.26. The number of amides is 2. The van der Waals surface area contributed by atoms with Crippen LogP contribution in [0.1, 0.15) is 54.4 Å². The average Bonchev–Trinajstić information content (AvgIpc) is 2.22. The molecule has 0 aliphatic carbocycles. The summed E-state index contributed by atoms with van der Waals surface area (Å²) >= 11 is 0. The van der Waals surface area contributed by atoms with Gasteiger partial charge in [-0.05, 0) is 40.5 Å². The number of carbonyl (C=O) groups excluding carboxylic acids is 2. The maximum Gasteiger partial charge on any atom is 0.408 e. The summed E-state index contributed by atoms with van der Waals surface area (Å²) in [6.07, 6.45) is 1.18. The van der Waals surface area contributed by atoms with Crippen LogP contribution in [0.25, 0.3) is 0 Å². The number of nitrogens with one attached hydrogen (secondary N) is 2. The second kappa shape index (κ2) is 7.24. The van der Waals surface area contributed by atoms with Gasteiger partial charge in [0.25, 0.3) is 0 Å². The number of alkyl carbamates (subject to hydrolysis) is 1. The molecule has 0 saturated carbocycles. The highest BCUT2D eigenvalue weighted by Gasteiger charge is 2.21. The highest BCUT2D eigenvalue weighted by molar-refractivity contribution is 5.85. The lowest BCUT2D eigenvalue weighted by Gasteiger charge is -2.23. The maximum atomic E-state index is 11.8. The lowest BCUT2D eigenvalue weighted by molar-refractivity contribution is -0.123. The molecule has 0 aromatic rings. The third kappa shape index (κ3) is 7.14. The maximum absolute atomic E-state index is 11.8. The minimum Gasteiger partial charge on any atom is -0.444 e. The smallest absolute Gasteiger partial charge is 0.408 e. The van der Waals surface area contributed by atoms with Gasteiger partial charge in [0.2, 0.25) is 5.91 Å². The van der Waals surface area contributed by atoms with Gasteiger partial charge < -0.3 is 15.4 Å². The highest BCUT2D eigenvalue weighted by Crippen LogP contribution is 2.06. The molecule has 0 heterocycles. The van der Waals surface area contributed by atoms with Crippen molar-refractivity contribution in [2.75, 3.05) is 0 Å². The predicted molar refractivity (Wildman–Crippen MR) is 71.3 cm³/mol. The molecule has 2 amide bonds. The van der Waals surface area contributed by atoms with E-state index in [1.165, 1.54) is 0 Å². The normalized spacial score (nSPS) is 13.1. The first-order chi connectivity index (χ1) is 8.19. The van der Waals surface area contributed by atoms with E-state index < -0.39 is 17.7 Å². The molecule has 1 atom stereocenters. The molecule has 1 unspecified atom stereocenters. The van der Waals surface area contributed by atoms with E-state index in [-0.39, 0.29) is 11.9 Å². The summed E-state index contributed by atoms with van der Waals surface area (Å²) in [4.78, 5) is 23.3. The third-order valence-corrected chi connectivity index (χ3v) is 2.46. The van der Waals surface area contributed by atoms with Crippen LogP contribution in [0.5, 0.6) is 0 Å². The van der Waals surface area contributed by atoms with Gasteiger partial charge in [-0.25, -0.2) is 4.79 Å². The van der Waals surface area contributed by atoms with E-state index in [0.717, 1.165) is 12.8 Å². The van der Waals surface area contributed by atoms with Gasteiger partial charge >= 0.3 is 6.09 Å². The van der Waals surface area contributed by atoms with Gasteiger partial charge in [-0.1, -0.05) is 13.8 Å². The highest BCUT2D eigenvalue weighted by atomic mass is 16.6. The molecule has 0 aromatic heterocycles. The SMILES string of the molecule is CCC(CC)NC(=O)C(C)NC(=O)OC(C)(C)C. The Labute approximate surface area is 110 Å². The van der Waals surface area contributed by atoms with Crippen LogP contribution in [0, 0.1) is 0 Å². The van der Waals surface area contributed by atoms with E-state index in [1.807, 2.05) is 13.8 Å². The van der Waals surface area contributed by atoms with E-state index in [9.17, 15) is 9.59 Å². The molecule has 0 bridgehead atoms. The molecular formula is C13H26N2O3. The molecule has 106 valence electrons. The molecule has 0 aromatic carbocycles. The first-order valence-electron chi connectivity index (χ1n) is 6.49. The van der Waals surface area contributed by atoms with Crippen LogP contribution in [0.2, 0.25) is 0 Å². The number of hydrogen-bond donors (Lipinski definition) is 2. The van der Waals surface area contributed by atoms with Crippen molar-refractivity contribution in [3.8, 4) is 0 Å². The Morgan fingerprint density at radius 1 is 1.11 bits per heavy atom. The number of hydrogen-bond acceptors (Lipinski definition) is 3. The van der Waals surface area contributed by atoms with Crippen LogP contribution in [0.4, 0.5) is 4.79 Å². The fraction of sp³-hybridized carbons (Fsp3) is 0.846. The van der Waals surface area contributed by atoms with Crippen LogP contribution in [0.15, 0.2) is 0 Å². The summed E-state index contributed by atoms with van der Waals surface area (Å²) in [5, 5.41) is 5.39. The van der Waals surface area contributed by atoms with Crippen LogP contribution in [-0.2, 0) is 9.53 Å². The molecule has 5 heteroatoms. The van der Waals surface area contributed by atoms with Gasteiger partial charge in [-0.3, -0.25) is 4.79 Å². The van der Waals surface area contributed by atoms with Crippen molar-refractivity contribution >= 4 is 12.0 Å². The predicted octanol–water partition coefficient (Wildman–Crippen LogP) is 2.20. The third-order valence-electron chi connectivity index (χ3n) is 2.46. The van der Waals surface area contributed by atoms with Gasteiger partial charge in [0.05, 0.1) is 0 Å². The standard InChI is InChI=1S/C13H26N2O3/c1-7-10(8-2)15-11(16)9(3)14-12(17)18-13(4,5)6/h9-10H,7-8H2,1-6H3,(H,14,17)(H,15,16). The molecule has 0 rings (SSSR count). The Balaban J connectivity index is 4.19. The monoisotopic (exact) mass is 258 g/mol. The van der Waals surface area contributed by atoms with Crippen LogP contribution >= 0.6 is 0 Å². The van der Waals surface area contributed by atoms with E-state index >= 15 is 0 Å². The fourth-order valence-corrected chi connectivity index (χ4v) is 1.37. The zero-order chi connectivity index (χ0) is 14.3. The van der Waals surface area contributed by atoms with Crippen molar-refractivity contribution < 1.29 is 14.3 Å². The largest absolute Gasteiger partial charge is 0.444 e. The zero-order valence-electron chi connectivity index (χ0n) is 12.3. The Bertz CT molecular complexity index is 280. The van der Waals surface area contributed by atoms with Gasteiger partial charge in [-0.15, -0.1) is 0 Å².